The van der Waals surface area contributed by atoms with Crippen molar-refractivity contribution in [3.63, 3.8) is 0 Å². The molecule has 0 radical (unpaired) electrons. The minimum Gasteiger partial charge on any atom is -0.349 e. The van der Waals surface area contributed by atoms with Gasteiger partial charge in [0.15, 0.2) is 9.84 Å². The summed E-state index contributed by atoms with van der Waals surface area (Å²) in [5.41, 5.74) is -8.01. The molecule has 1 atom stereocenters. The molecule has 0 aromatic heterocycles. The average molecular weight is 722 g/mol. The van der Waals surface area contributed by atoms with Crippen molar-refractivity contribution in [1.29, 1.82) is 0 Å². The van der Waals surface area contributed by atoms with E-state index < -0.39 is 79.6 Å². The van der Waals surface area contributed by atoms with Gasteiger partial charge in [-0.2, -0.15) is 26.3 Å². The standard InChI is InChI=1S/C33H28F9NO5S/c1-43-17-20(14-29(43)45)28(44)13-19-15-30(16-19,49(46,47)24-11-9-23(34)10-12-24)21-5-7-22(8-6-21)31(32(37,38)39,33(40,41)42)48-18-25-26(35)3-2-4-27(25)36/h2-12,19-20H,13-18H2,1H3. The molecule has 1 saturated heterocycles. The quantitative estimate of drug-likeness (QED) is 0.164. The van der Waals surface area contributed by atoms with Gasteiger partial charge in [0.05, 0.1) is 11.5 Å². The van der Waals surface area contributed by atoms with Crippen LogP contribution in [0.25, 0.3) is 0 Å². The van der Waals surface area contributed by atoms with Gasteiger partial charge in [0.25, 0.3) is 5.60 Å². The molecule has 264 valence electrons. The highest BCUT2D eigenvalue weighted by molar-refractivity contribution is 7.92. The van der Waals surface area contributed by atoms with Gasteiger partial charge in [0.1, 0.15) is 28.0 Å². The second-order valence-corrected chi connectivity index (χ2v) is 14.6. The van der Waals surface area contributed by atoms with Crippen molar-refractivity contribution >= 4 is 21.5 Å². The SMILES string of the molecule is CN1CC(C(=O)CC2CC(c3ccc(C(OCc4c(F)cccc4F)(C(F)(F)F)C(F)(F)F)cc3)(S(=O)(=O)c3ccc(F)cc3)C2)CC1=O. The topological polar surface area (TPSA) is 80.8 Å². The van der Waals surface area contributed by atoms with Gasteiger partial charge in [-0.1, -0.05) is 30.3 Å². The van der Waals surface area contributed by atoms with E-state index in [1.165, 1.54) is 11.9 Å². The van der Waals surface area contributed by atoms with Gasteiger partial charge in [0.2, 0.25) is 5.91 Å². The first-order valence-electron chi connectivity index (χ1n) is 14.8. The van der Waals surface area contributed by atoms with E-state index in [9.17, 15) is 57.5 Å². The summed E-state index contributed by atoms with van der Waals surface area (Å²) in [6.07, 6.45) is -13.1. The van der Waals surface area contributed by atoms with Crippen LogP contribution in [0.2, 0.25) is 0 Å². The van der Waals surface area contributed by atoms with Crippen molar-refractivity contribution in [2.45, 2.75) is 59.9 Å². The fourth-order valence-corrected chi connectivity index (χ4v) is 8.89. The van der Waals surface area contributed by atoms with E-state index in [1.54, 1.807) is 0 Å². The molecule has 5 rings (SSSR count). The lowest BCUT2D eigenvalue weighted by Crippen LogP contribution is -2.56. The molecule has 0 spiro atoms. The molecule has 1 saturated carbocycles. The third-order valence-corrected chi connectivity index (χ3v) is 11.8. The zero-order chi connectivity index (χ0) is 36.2. The summed E-state index contributed by atoms with van der Waals surface area (Å²) in [5.74, 6) is -5.37. The van der Waals surface area contributed by atoms with Crippen LogP contribution in [0.15, 0.2) is 71.6 Å². The van der Waals surface area contributed by atoms with Crippen LogP contribution in [0.3, 0.4) is 0 Å². The summed E-state index contributed by atoms with van der Waals surface area (Å²) in [4.78, 5) is 25.9. The number of Topliss-reactive ketones (excluding diaryl/α,β-unsaturated/α-hetero) is 1. The van der Waals surface area contributed by atoms with E-state index in [2.05, 4.69) is 4.74 Å². The third kappa shape index (κ3) is 6.33. The zero-order valence-electron chi connectivity index (χ0n) is 25.5. The van der Waals surface area contributed by atoms with Crippen LogP contribution < -0.4 is 0 Å². The van der Waals surface area contributed by atoms with E-state index in [0.717, 1.165) is 42.5 Å². The van der Waals surface area contributed by atoms with Crippen LogP contribution in [0, 0.1) is 29.3 Å². The van der Waals surface area contributed by atoms with Crippen LogP contribution in [-0.2, 0) is 41.1 Å². The Labute approximate surface area is 274 Å². The van der Waals surface area contributed by atoms with Crippen LogP contribution in [0.5, 0.6) is 0 Å². The normalized spacial score (nSPS) is 21.9. The molecule has 2 fully saturated rings. The largest absolute Gasteiger partial charge is 0.430 e. The number of carbonyl (C=O) groups excluding carboxylic acids is 2. The Morgan fingerprint density at radius 2 is 1.43 bits per heavy atom. The molecule has 1 aliphatic carbocycles. The van der Waals surface area contributed by atoms with Gasteiger partial charge < -0.3 is 9.64 Å². The lowest BCUT2D eigenvalue weighted by molar-refractivity contribution is -0.392. The van der Waals surface area contributed by atoms with Crippen LogP contribution in [-0.4, -0.2) is 51.0 Å². The summed E-state index contributed by atoms with van der Waals surface area (Å²) in [6.45, 7) is -1.59. The molecular formula is C33H28F9NO5S. The second kappa shape index (κ2) is 12.8. The summed E-state index contributed by atoms with van der Waals surface area (Å²) in [5, 5.41) is 0. The molecule has 49 heavy (non-hydrogen) atoms. The highest BCUT2D eigenvalue weighted by atomic mass is 32.2. The molecule has 6 nitrogen and oxygen atoms in total. The van der Waals surface area contributed by atoms with Gasteiger partial charge in [-0.3, -0.25) is 9.59 Å². The lowest BCUT2D eigenvalue weighted by Gasteiger charge is -2.47. The zero-order valence-corrected chi connectivity index (χ0v) is 26.4. The average Bonchev–Trinajstić information content (AvgIpc) is 3.33. The highest BCUT2D eigenvalue weighted by Gasteiger charge is 2.73. The van der Waals surface area contributed by atoms with Crippen molar-refractivity contribution < 1.29 is 62.3 Å². The van der Waals surface area contributed by atoms with Crippen molar-refractivity contribution in [3.05, 3.63) is 101 Å². The number of ether oxygens (including phenoxy) is 1. The predicted octanol–water partition coefficient (Wildman–Crippen LogP) is 7.16. The number of halogens is 9. The van der Waals surface area contributed by atoms with Gasteiger partial charge in [0, 0.05) is 43.5 Å². The molecule has 1 unspecified atom stereocenters. The molecular weight excluding hydrogens is 693 g/mol. The number of nitrogens with zero attached hydrogens (tertiary/aromatic N) is 1. The van der Waals surface area contributed by atoms with Gasteiger partial charge >= 0.3 is 12.4 Å². The van der Waals surface area contributed by atoms with E-state index in [0.29, 0.717) is 24.3 Å². The van der Waals surface area contributed by atoms with Crippen molar-refractivity contribution in [1.82, 2.24) is 4.90 Å². The van der Waals surface area contributed by atoms with Crippen molar-refractivity contribution in [2.75, 3.05) is 13.6 Å². The number of likely N-dealkylation sites (tertiary alicyclic amines) is 1. The number of carbonyl (C=O) groups is 2. The Morgan fingerprint density at radius 3 is 1.92 bits per heavy atom. The number of hydrogen-bond donors (Lipinski definition) is 0. The lowest BCUT2D eigenvalue weighted by atomic mass is 9.67. The second-order valence-electron chi connectivity index (χ2n) is 12.3. The predicted molar refractivity (Wildman–Crippen MR) is 155 cm³/mol. The first-order valence-corrected chi connectivity index (χ1v) is 16.3. The van der Waals surface area contributed by atoms with E-state index >= 15 is 0 Å². The number of benzene rings is 3. The van der Waals surface area contributed by atoms with Crippen LogP contribution >= 0.6 is 0 Å². The molecule has 1 heterocycles. The first kappa shape index (κ1) is 36.4. The molecule has 0 N–H and O–H groups in total. The molecule has 16 heteroatoms. The number of ketones is 1. The van der Waals surface area contributed by atoms with Crippen molar-refractivity contribution in [2.24, 2.45) is 11.8 Å². The van der Waals surface area contributed by atoms with E-state index in [4.69, 9.17) is 0 Å². The van der Waals surface area contributed by atoms with Gasteiger partial charge in [-0.25, -0.2) is 21.6 Å². The Hall–Kier alpha value is -3.92. The maximum absolute atomic E-state index is 14.4. The monoisotopic (exact) mass is 721 g/mol. The van der Waals surface area contributed by atoms with Gasteiger partial charge in [-0.15, -0.1) is 0 Å². The summed E-state index contributed by atoms with van der Waals surface area (Å²) < 4.78 is 159. The van der Waals surface area contributed by atoms with Crippen LogP contribution in [0.1, 0.15) is 42.4 Å². The molecule has 3 aromatic carbocycles. The molecule has 3 aromatic rings. The fraction of sp³-hybridized carbons (Fsp3) is 0.394. The number of sulfone groups is 1. The number of hydrogen-bond acceptors (Lipinski definition) is 5. The number of rotatable bonds is 10. The summed E-state index contributed by atoms with van der Waals surface area (Å²) in [6, 6.07) is 8.08. The Balaban J connectivity index is 1.53. The minimum absolute atomic E-state index is 0.0195. The Bertz CT molecular complexity index is 1800. The summed E-state index contributed by atoms with van der Waals surface area (Å²) >= 11 is 0. The third-order valence-electron chi connectivity index (χ3n) is 9.27. The number of amides is 1. The Morgan fingerprint density at radius 1 is 0.878 bits per heavy atom. The van der Waals surface area contributed by atoms with E-state index in [-0.39, 0.29) is 54.4 Å². The first-order chi connectivity index (χ1) is 22.7. The van der Waals surface area contributed by atoms with Gasteiger partial charge in [-0.05, 0) is 60.7 Å². The molecule has 1 amide bonds. The smallest absolute Gasteiger partial charge is 0.349 e. The minimum atomic E-state index is -6.22. The van der Waals surface area contributed by atoms with Crippen LogP contribution in [0.4, 0.5) is 39.5 Å². The molecule has 2 aliphatic rings. The van der Waals surface area contributed by atoms with Crippen molar-refractivity contribution in [3.8, 4) is 0 Å². The maximum Gasteiger partial charge on any atom is 0.430 e. The number of alkyl halides is 6. The Kier molecular flexibility index (Phi) is 9.47. The molecule has 0 bridgehead atoms. The fourth-order valence-electron chi connectivity index (χ4n) is 6.59. The molecule has 1 aliphatic heterocycles. The summed E-state index contributed by atoms with van der Waals surface area (Å²) in [7, 11) is -2.97. The maximum atomic E-state index is 14.4. The van der Waals surface area contributed by atoms with E-state index in [1.807, 2.05) is 0 Å². The highest BCUT2D eigenvalue weighted by Crippen LogP contribution is 2.57.